The molecule has 3 heteroatoms. The second kappa shape index (κ2) is 6.07. The van der Waals surface area contributed by atoms with E-state index in [1.165, 1.54) is 23.3 Å². The van der Waals surface area contributed by atoms with Crippen LogP contribution in [-0.2, 0) is 6.42 Å². The Hall–Kier alpha value is -1.54. The molecule has 0 heterocycles. The van der Waals surface area contributed by atoms with Gasteiger partial charge in [-0.05, 0) is 42.7 Å². The molecule has 1 unspecified atom stereocenters. The molecule has 0 radical (unpaired) electrons. The SMILES string of the molecule is CCc1ccc(C(C)Nc2ccc(F)cc2Cl)cc1. The van der Waals surface area contributed by atoms with E-state index in [0.29, 0.717) is 5.02 Å². The molecule has 2 rings (SSSR count). The number of benzene rings is 2. The smallest absolute Gasteiger partial charge is 0.124 e. The molecule has 2 aromatic rings. The Morgan fingerprint density at radius 3 is 2.42 bits per heavy atom. The Kier molecular flexibility index (Phi) is 4.43. The van der Waals surface area contributed by atoms with Crippen LogP contribution in [0.15, 0.2) is 42.5 Å². The lowest BCUT2D eigenvalue weighted by Crippen LogP contribution is -2.07. The van der Waals surface area contributed by atoms with E-state index in [1.54, 1.807) is 6.07 Å². The summed E-state index contributed by atoms with van der Waals surface area (Å²) in [4.78, 5) is 0. The summed E-state index contributed by atoms with van der Waals surface area (Å²) in [6, 6.07) is 13.0. The van der Waals surface area contributed by atoms with Crippen LogP contribution in [-0.4, -0.2) is 0 Å². The Balaban J connectivity index is 2.13. The molecule has 0 aromatic heterocycles. The lowest BCUT2D eigenvalue weighted by molar-refractivity contribution is 0.628. The number of rotatable bonds is 4. The molecule has 0 aliphatic heterocycles. The lowest BCUT2D eigenvalue weighted by Gasteiger charge is -2.17. The van der Waals surface area contributed by atoms with Crippen LogP contribution in [0.1, 0.15) is 31.0 Å². The predicted octanol–water partition coefficient (Wildman–Crippen LogP) is 5.21. The number of hydrogen-bond donors (Lipinski definition) is 1. The summed E-state index contributed by atoms with van der Waals surface area (Å²) in [6.07, 6.45) is 1.03. The Labute approximate surface area is 118 Å². The minimum Gasteiger partial charge on any atom is -0.377 e. The van der Waals surface area contributed by atoms with E-state index in [0.717, 1.165) is 12.1 Å². The maximum absolute atomic E-state index is 13.0. The second-order valence-electron chi connectivity index (χ2n) is 4.59. The van der Waals surface area contributed by atoms with Gasteiger partial charge in [0.1, 0.15) is 5.82 Å². The molecular formula is C16H17ClFN. The van der Waals surface area contributed by atoms with E-state index < -0.39 is 0 Å². The van der Waals surface area contributed by atoms with E-state index in [4.69, 9.17) is 11.6 Å². The van der Waals surface area contributed by atoms with Gasteiger partial charge in [0.2, 0.25) is 0 Å². The van der Waals surface area contributed by atoms with Crippen LogP contribution in [0.4, 0.5) is 10.1 Å². The Morgan fingerprint density at radius 1 is 1.16 bits per heavy atom. The first-order valence-electron chi connectivity index (χ1n) is 6.40. The first-order chi connectivity index (χ1) is 9.10. The standard InChI is InChI=1S/C16H17ClFN/c1-3-12-4-6-13(7-5-12)11(2)19-16-9-8-14(18)10-15(16)17/h4-11,19H,3H2,1-2H3. The zero-order valence-corrected chi connectivity index (χ0v) is 11.8. The van der Waals surface area contributed by atoms with Gasteiger partial charge in [0.05, 0.1) is 10.7 Å². The van der Waals surface area contributed by atoms with Crippen LogP contribution in [0, 0.1) is 5.82 Å². The van der Waals surface area contributed by atoms with Gasteiger partial charge in [-0.25, -0.2) is 4.39 Å². The highest BCUT2D eigenvalue weighted by Crippen LogP contribution is 2.27. The number of aryl methyl sites for hydroxylation is 1. The maximum atomic E-state index is 13.0. The molecular weight excluding hydrogens is 261 g/mol. The molecule has 1 N–H and O–H groups in total. The second-order valence-corrected chi connectivity index (χ2v) is 4.99. The van der Waals surface area contributed by atoms with Gasteiger partial charge < -0.3 is 5.32 Å². The molecule has 0 fully saturated rings. The summed E-state index contributed by atoms with van der Waals surface area (Å²) in [5.74, 6) is -0.324. The molecule has 0 spiro atoms. The van der Waals surface area contributed by atoms with Gasteiger partial charge in [-0.1, -0.05) is 42.8 Å². The summed E-state index contributed by atoms with van der Waals surface area (Å²) in [6.45, 7) is 4.19. The molecule has 0 saturated carbocycles. The summed E-state index contributed by atoms with van der Waals surface area (Å²) in [7, 11) is 0. The van der Waals surface area contributed by atoms with Crippen LogP contribution in [0.3, 0.4) is 0 Å². The van der Waals surface area contributed by atoms with Gasteiger partial charge >= 0.3 is 0 Å². The topological polar surface area (TPSA) is 12.0 Å². The van der Waals surface area contributed by atoms with Gasteiger partial charge in [-0.3, -0.25) is 0 Å². The van der Waals surface area contributed by atoms with E-state index in [1.807, 2.05) is 0 Å². The average Bonchev–Trinajstić information content (AvgIpc) is 2.42. The highest BCUT2D eigenvalue weighted by molar-refractivity contribution is 6.33. The lowest BCUT2D eigenvalue weighted by atomic mass is 10.0. The van der Waals surface area contributed by atoms with E-state index in [2.05, 4.69) is 43.4 Å². The molecule has 1 nitrogen and oxygen atoms in total. The van der Waals surface area contributed by atoms with Crippen molar-refractivity contribution in [3.63, 3.8) is 0 Å². The highest BCUT2D eigenvalue weighted by atomic mass is 35.5. The van der Waals surface area contributed by atoms with Crippen LogP contribution >= 0.6 is 11.6 Å². The molecule has 0 bridgehead atoms. The molecule has 100 valence electrons. The fourth-order valence-corrected chi connectivity index (χ4v) is 2.19. The van der Waals surface area contributed by atoms with E-state index in [9.17, 15) is 4.39 Å². The number of hydrogen-bond acceptors (Lipinski definition) is 1. The van der Waals surface area contributed by atoms with Crippen molar-refractivity contribution in [3.8, 4) is 0 Å². The number of halogens is 2. The van der Waals surface area contributed by atoms with Crippen molar-refractivity contribution < 1.29 is 4.39 Å². The zero-order chi connectivity index (χ0) is 13.8. The largest absolute Gasteiger partial charge is 0.377 e. The van der Waals surface area contributed by atoms with Crippen molar-refractivity contribution in [2.75, 3.05) is 5.32 Å². The van der Waals surface area contributed by atoms with Crippen LogP contribution in [0.25, 0.3) is 0 Å². The minimum atomic E-state index is -0.324. The minimum absolute atomic E-state index is 0.119. The quantitative estimate of drug-likeness (QED) is 0.808. The Morgan fingerprint density at radius 2 is 1.84 bits per heavy atom. The molecule has 1 atom stereocenters. The first-order valence-corrected chi connectivity index (χ1v) is 6.78. The van der Waals surface area contributed by atoms with Gasteiger partial charge in [-0.15, -0.1) is 0 Å². The van der Waals surface area contributed by atoms with E-state index in [-0.39, 0.29) is 11.9 Å². The first kappa shape index (κ1) is 13.9. The van der Waals surface area contributed by atoms with Gasteiger partial charge in [0.25, 0.3) is 0 Å². The van der Waals surface area contributed by atoms with Crippen LogP contribution in [0.2, 0.25) is 5.02 Å². The fourth-order valence-electron chi connectivity index (χ4n) is 1.97. The molecule has 19 heavy (non-hydrogen) atoms. The number of nitrogens with one attached hydrogen (secondary N) is 1. The number of anilines is 1. The van der Waals surface area contributed by atoms with Gasteiger partial charge in [0, 0.05) is 6.04 Å². The maximum Gasteiger partial charge on any atom is 0.124 e. The third kappa shape index (κ3) is 3.48. The van der Waals surface area contributed by atoms with Crippen molar-refractivity contribution in [1.82, 2.24) is 0 Å². The fraction of sp³-hybridized carbons (Fsp3) is 0.250. The highest BCUT2D eigenvalue weighted by Gasteiger charge is 2.08. The molecule has 0 aliphatic rings. The average molecular weight is 278 g/mol. The van der Waals surface area contributed by atoms with E-state index >= 15 is 0 Å². The van der Waals surface area contributed by atoms with Crippen molar-refractivity contribution in [2.45, 2.75) is 26.3 Å². The summed E-state index contributed by atoms with van der Waals surface area (Å²) in [5.41, 5.74) is 3.24. The van der Waals surface area contributed by atoms with Crippen molar-refractivity contribution in [2.24, 2.45) is 0 Å². The van der Waals surface area contributed by atoms with Crippen molar-refractivity contribution >= 4 is 17.3 Å². The third-order valence-electron chi connectivity index (χ3n) is 3.19. The predicted molar refractivity (Wildman–Crippen MR) is 79.3 cm³/mol. The summed E-state index contributed by atoms with van der Waals surface area (Å²) in [5, 5.41) is 3.69. The van der Waals surface area contributed by atoms with Gasteiger partial charge in [-0.2, -0.15) is 0 Å². The van der Waals surface area contributed by atoms with Crippen LogP contribution in [0.5, 0.6) is 0 Å². The summed E-state index contributed by atoms with van der Waals surface area (Å²) >= 11 is 6.01. The third-order valence-corrected chi connectivity index (χ3v) is 3.50. The normalized spacial score (nSPS) is 12.2. The Bertz CT molecular complexity index is 551. The molecule has 0 saturated heterocycles. The van der Waals surface area contributed by atoms with Crippen LogP contribution < -0.4 is 5.32 Å². The zero-order valence-electron chi connectivity index (χ0n) is 11.1. The van der Waals surface area contributed by atoms with Crippen molar-refractivity contribution in [1.29, 1.82) is 0 Å². The molecule has 2 aromatic carbocycles. The molecule has 0 amide bonds. The van der Waals surface area contributed by atoms with Gasteiger partial charge in [0.15, 0.2) is 0 Å². The van der Waals surface area contributed by atoms with Crippen molar-refractivity contribution in [3.05, 3.63) is 64.4 Å². The summed E-state index contributed by atoms with van der Waals surface area (Å²) < 4.78 is 13.0. The molecule has 0 aliphatic carbocycles. The monoisotopic (exact) mass is 277 g/mol.